The first-order chi connectivity index (χ1) is 7.27. The summed E-state index contributed by atoms with van der Waals surface area (Å²) < 4.78 is 47.2. The lowest BCUT2D eigenvalue weighted by atomic mass is 10.1. The first kappa shape index (κ1) is 13.4. The zero-order valence-corrected chi connectivity index (χ0v) is 10.6. The van der Waals surface area contributed by atoms with Crippen molar-refractivity contribution >= 4 is 35.7 Å². The minimum absolute atomic E-state index is 0.0776. The van der Waals surface area contributed by atoms with Crippen molar-refractivity contribution in [3.63, 3.8) is 0 Å². The van der Waals surface area contributed by atoms with Gasteiger partial charge in [0.05, 0.1) is 11.6 Å². The second-order valence-electron chi connectivity index (χ2n) is 2.73. The summed E-state index contributed by atoms with van der Waals surface area (Å²) in [7, 11) is 0.736. The highest BCUT2D eigenvalue weighted by molar-refractivity contribution is 9.10. The summed E-state index contributed by atoms with van der Waals surface area (Å²) in [6, 6.07) is 3.55. The molecule has 0 aliphatic carbocycles. The number of nitriles is 1. The van der Waals surface area contributed by atoms with Crippen LogP contribution < -0.4 is 0 Å². The standard InChI is InChI=1S/C8H3BrClF2NO2S/c9-6-2-4(3-13)1-5(8(11)12)7(6)16(10,14)15/h1-2,8H. The van der Waals surface area contributed by atoms with E-state index >= 15 is 0 Å². The van der Waals surface area contributed by atoms with Gasteiger partial charge >= 0.3 is 0 Å². The maximum absolute atomic E-state index is 12.6. The van der Waals surface area contributed by atoms with Crippen LogP contribution in [0.3, 0.4) is 0 Å². The molecule has 0 saturated heterocycles. The molecule has 0 aliphatic rings. The molecule has 1 rings (SSSR count). The fourth-order valence-corrected chi connectivity index (χ4v) is 3.73. The molecule has 0 radical (unpaired) electrons. The molecule has 0 saturated carbocycles. The Bertz CT molecular complexity index is 568. The molecule has 1 aromatic carbocycles. The molecule has 1 aromatic rings. The van der Waals surface area contributed by atoms with E-state index in [-0.39, 0.29) is 10.0 Å². The Kier molecular flexibility index (Phi) is 3.88. The fourth-order valence-electron chi connectivity index (χ4n) is 1.10. The van der Waals surface area contributed by atoms with Gasteiger partial charge in [-0.15, -0.1) is 0 Å². The van der Waals surface area contributed by atoms with E-state index in [1.54, 1.807) is 6.07 Å². The van der Waals surface area contributed by atoms with Crippen molar-refractivity contribution in [2.45, 2.75) is 11.3 Å². The van der Waals surface area contributed by atoms with E-state index in [4.69, 9.17) is 15.9 Å². The van der Waals surface area contributed by atoms with E-state index in [0.29, 0.717) is 0 Å². The molecule has 0 unspecified atom stereocenters. The topological polar surface area (TPSA) is 57.9 Å². The van der Waals surface area contributed by atoms with Crippen LogP contribution in [0.2, 0.25) is 0 Å². The van der Waals surface area contributed by atoms with Crippen molar-refractivity contribution in [3.8, 4) is 6.07 Å². The van der Waals surface area contributed by atoms with E-state index in [9.17, 15) is 17.2 Å². The quantitative estimate of drug-likeness (QED) is 0.783. The van der Waals surface area contributed by atoms with Crippen molar-refractivity contribution in [1.29, 1.82) is 5.26 Å². The second kappa shape index (κ2) is 4.65. The van der Waals surface area contributed by atoms with Crippen LogP contribution in [0.4, 0.5) is 8.78 Å². The normalized spacial score (nSPS) is 11.5. The monoisotopic (exact) mass is 329 g/mol. The number of halogens is 4. The predicted octanol–water partition coefficient (Wildman–Crippen LogP) is 3.19. The number of hydrogen-bond acceptors (Lipinski definition) is 3. The third-order valence-electron chi connectivity index (χ3n) is 1.68. The fraction of sp³-hybridized carbons (Fsp3) is 0.125. The SMILES string of the molecule is N#Cc1cc(Br)c(S(=O)(=O)Cl)c(C(F)F)c1. The van der Waals surface area contributed by atoms with Crippen LogP contribution in [-0.2, 0) is 9.05 Å². The Morgan fingerprint density at radius 3 is 2.38 bits per heavy atom. The summed E-state index contributed by atoms with van der Waals surface area (Å²) in [6.07, 6.45) is -3.03. The number of alkyl halides is 2. The molecule has 0 N–H and O–H groups in total. The van der Waals surface area contributed by atoms with Crippen molar-refractivity contribution in [2.24, 2.45) is 0 Å². The van der Waals surface area contributed by atoms with Crippen LogP contribution in [0.25, 0.3) is 0 Å². The summed E-state index contributed by atoms with van der Waals surface area (Å²) in [5.74, 6) is 0. The molecular weight excluding hydrogens is 328 g/mol. The molecule has 0 amide bonds. The van der Waals surface area contributed by atoms with Gasteiger partial charge in [0.25, 0.3) is 15.5 Å². The molecule has 0 aromatic heterocycles. The zero-order chi connectivity index (χ0) is 12.5. The van der Waals surface area contributed by atoms with Gasteiger partial charge in [-0.2, -0.15) is 5.26 Å². The largest absolute Gasteiger partial charge is 0.265 e. The summed E-state index contributed by atoms with van der Waals surface area (Å²) in [5.41, 5.74) is -0.868. The van der Waals surface area contributed by atoms with Crippen LogP contribution in [0.15, 0.2) is 21.5 Å². The summed E-state index contributed by atoms with van der Waals surface area (Å²) in [6.45, 7) is 0. The van der Waals surface area contributed by atoms with Gasteiger partial charge in [-0.1, -0.05) is 0 Å². The maximum atomic E-state index is 12.6. The second-order valence-corrected chi connectivity index (χ2v) is 6.08. The lowest BCUT2D eigenvalue weighted by molar-refractivity contribution is 0.148. The van der Waals surface area contributed by atoms with E-state index in [2.05, 4.69) is 15.9 Å². The van der Waals surface area contributed by atoms with Crippen molar-refractivity contribution in [3.05, 3.63) is 27.7 Å². The maximum Gasteiger partial charge on any atom is 0.265 e. The van der Waals surface area contributed by atoms with E-state index < -0.39 is 25.9 Å². The first-order valence-corrected chi connectivity index (χ1v) is 6.84. The van der Waals surface area contributed by atoms with Crippen molar-refractivity contribution in [2.75, 3.05) is 0 Å². The Labute approximate surface area is 103 Å². The molecule has 86 valence electrons. The summed E-state index contributed by atoms with van der Waals surface area (Å²) in [5, 5.41) is 8.56. The van der Waals surface area contributed by atoms with Gasteiger partial charge in [-0.3, -0.25) is 0 Å². The van der Waals surface area contributed by atoms with Gasteiger partial charge in [-0.25, -0.2) is 17.2 Å². The van der Waals surface area contributed by atoms with Crippen LogP contribution in [0.5, 0.6) is 0 Å². The zero-order valence-electron chi connectivity index (χ0n) is 7.42. The lowest BCUT2D eigenvalue weighted by Gasteiger charge is -2.08. The van der Waals surface area contributed by atoms with E-state index in [0.717, 1.165) is 12.1 Å². The smallest absolute Gasteiger partial charge is 0.207 e. The molecule has 0 heterocycles. The molecule has 0 spiro atoms. The Balaban J connectivity index is 3.68. The van der Waals surface area contributed by atoms with Gasteiger partial charge in [0.2, 0.25) is 0 Å². The van der Waals surface area contributed by atoms with Crippen LogP contribution in [0.1, 0.15) is 17.6 Å². The van der Waals surface area contributed by atoms with Gasteiger partial charge in [0.15, 0.2) is 0 Å². The molecule has 0 bridgehead atoms. The number of rotatable bonds is 2. The molecule has 0 fully saturated rings. The molecule has 0 aliphatic heterocycles. The molecule has 8 heteroatoms. The number of benzene rings is 1. The minimum Gasteiger partial charge on any atom is -0.207 e. The van der Waals surface area contributed by atoms with Crippen LogP contribution in [0, 0.1) is 11.3 Å². The molecule has 0 atom stereocenters. The highest BCUT2D eigenvalue weighted by Gasteiger charge is 2.25. The van der Waals surface area contributed by atoms with Crippen LogP contribution in [-0.4, -0.2) is 8.42 Å². The Hall–Kier alpha value is -0.710. The third-order valence-corrected chi connectivity index (χ3v) is 3.97. The molecule has 16 heavy (non-hydrogen) atoms. The summed E-state index contributed by atoms with van der Waals surface area (Å²) in [4.78, 5) is -0.705. The van der Waals surface area contributed by atoms with Gasteiger partial charge in [-0.05, 0) is 28.1 Å². The Morgan fingerprint density at radius 2 is 2.00 bits per heavy atom. The van der Waals surface area contributed by atoms with Gasteiger partial charge < -0.3 is 0 Å². The highest BCUT2D eigenvalue weighted by atomic mass is 79.9. The lowest BCUT2D eigenvalue weighted by Crippen LogP contribution is -2.01. The van der Waals surface area contributed by atoms with Crippen molar-refractivity contribution in [1.82, 2.24) is 0 Å². The van der Waals surface area contributed by atoms with E-state index in [1.807, 2.05) is 0 Å². The first-order valence-electron chi connectivity index (χ1n) is 3.73. The van der Waals surface area contributed by atoms with Crippen LogP contribution >= 0.6 is 26.6 Å². The van der Waals surface area contributed by atoms with Crippen molar-refractivity contribution < 1.29 is 17.2 Å². The third kappa shape index (κ3) is 2.70. The highest BCUT2D eigenvalue weighted by Crippen LogP contribution is 2.35. The number of hydrogen-bond donors (Lipinski definition) is 0. The van der Waals surface area contributed by atoms with E-state index in [1.165, 1.54) is 0 Å². The summed E-state index contributed by atoms with van der Waals surface area (Å²) >= 11 is 2.79. The Morgan fingerprint density at radius 1 is 1.44 bits per heavy atom. The van der Waals surface area contributed by atoms with Gasteiger partial charge in [0.1, 0.15) is 4.90 Å². The van der Waals surface area contributed by atoms with Gasteiger partial charge in [0, 0.05) is 20.7 Å². The number of nitrogens with zero attached hydrogens (tertiary/aromatic N) is 1. The molecular formula is C8H3BrClF2NO2S. The minimum atomic E-state index is -4.30. The average Bonchev–Trinajstić information content (AvgIpc) is 2.14. The average molecular weight is 331 g/mol. The molecule has 3 nitrogen and oxygen atoms in total. The predicted molar refractivity (Wildman–Crippen MR) is 56.9 cm³/mol.